The number of rotatable bonds is 3. The number of aryl methyl sites for hydroxylation is 2. The molecule has 1 amide bonds. The van der Waals surface area contributed by atoms with Crippen molar-refractivity contribution >= 4 is 5.91 Å². The summed E-state index contributed by atoms with van der Waals surface area (Å²) in [7, 11) is 1.90. The lowest BCUT2D eigenvalue weighted by Crippen LogP contribution is -2.50. The predicted molar refractivity (Wildman–Crippen MR) is 82.6 cm³/mol. The molecule has 2 rings (SSSR count). The Morgan fingerprint density at radius 3 is 2.60 bits per heavy atom. The van der Waals surface area contributed by atoms with Crippen molar-refractivity contribution in [3.8, 4) is 0 Å². The van der Waals surface area contributed by atoms with E-state index in [-0.39, 0.29) is 18.0 Å². The SMILES string of the molecule is Cc1ccc(CC(=O)N(C)C2CCCCC2N)cc1C. The van der Waals surface area contributed by atoms with Gasteiger partial charge >= 0.3 is 0 Å². The summed E-state index contributed by atoms with van der Waals surface area (Å²) < 4.78 is 0. The highest BCUT2D eigenvalue weighted by molar-refractivity contribution is 5.79. The third kappa shape index (κ3) is 3.40. The van der Waals surface area contributed by atoms with E-state index in [0.717, 1.165) is 18.4 Å². The minimum atomic E-state index is 0.137. The minimum Gasteiger partial charge on any atom is -0.341 e. The topological polar surface area (TPSA) is 46.3 Å². The number of nitrogens with zero attached hydrogens (tertiary/aromatic N) is 1. The van der Waals surface area contributed by atoms with Crippen LogP contribution in [0.25, 0.3) is 0 Å². The third-order valence-corrected chi connectivity index (χ3v) is 4.60. The molecule has 110 valence electrons. The van der Waals surface area contributed by atoms with Gasteiger partial charge in [-0.25, -0.2) is 0 Å². The van der Waals surface area contributed by atoms with Crippen molar-refractivity contribution in [2.45, 2.75) is 58.0 Å². The maximum atomic E-state index is 12.4. The highest BCUT2D eigenvalue weighted by Crippen LogP contribution is 2.22. The quantitative estimate of drug-likeness (QED) is 0.921. The van der Waals surface area contributed by atoms with Crippen LogP contribution >= 0.6 is 0 Å². The molecule has 1 fully saturated rings. The molecule has 2 unspecified atom stereocenters. The first-order valence-corrected chi connectivity index (χ1v) is 7.56. The fourth-order valence-electron chi connectivity index (χ4n) is 3.02. The molecule has 1 aromatic rings. The first-order chi connectivity index (χ1) is 9.49. The molecule has 2 atom stereocenters. The minimum absolute atomic E-state index is 0.137. The van der Waals surface area contributed by atoms with Gasteiger partial charge in [0, 0.05) is 19.1 Å². The lowest BCUT2D eigenvalue weighted by molar-refractivity contribution is -0.132. The summed E-state index contributed by atoms with van der Waals surface area (Å²) in [6.45, 7) is 4.18. The zero-order chi connectivity index (χ0) is 14.7. The molecule has 2 N–H and O–H groups in total. The molecular formula is C17H26N2O. The van der Waals surface area contributed by atoms with Crippen LogP contribution in [-0.2, 0) is 11.2 Å². The number of carbonyl (C=O) groups is 1. The first kappa shape index (κ1) is 15.0. The number of benzene rings is 1. The molecule has 0 saturated heterocycles. The lowest BCUT2D eigenvalue weighted by Gasteiger charge is -2.36. The number of nitrogens with two attached hydrogens (primary N) is 1. The molecule has 1 aliphatic rings. The monoisotopic (exact) mass is 274 g/mol. The van der Waals surface area contributed by atoms with E-state index < -0.39 is 0 Å². The van der Waals surface area contributed by atoms with Gasteiger partial charge in [0.2, 0.25) is 5.91 Å². The van der Waals surface area contributed by atoms with E-state index in [9.17, 15) is 4.79 Å². The molecule has 20 heavy (non-hydrogen) atoms. The highest BCUT2D eigenvalue weighted by atomic mass is 16.2. The second-order valence-corrected chi connectivity index (χ2v) is 6.12. The van der Waals surface area contributed by atoms with Crippen molar-refractivity contribution in [3.05, 3.63) is 34.9 Å². The highest BCUT2D eigenvalue weighted by Gasteiger charge is 2.28. The van der Waals surface area contributed by atoms with Gasteiger partial charge in [0.25, 0.3) is 0 Å². The van der Waals surface area contributed by atoms with Gasteiger partial charge in [-0.2, -0.15) is 0 Å². The summed E-state index contributed by atoms with van der Waals surface area (Å²) in [5.41, 5.74) is 9.76. The summed E-state index contributed by atoms with van der Waals surface area (Å²) in [5.74, 6) is 0.176. The molecular weight excluding hydrogens is 248 g/mol. The summed E-state index contributed by atoms with van der Waals surface area (Å²) in [4.78, 5) is 14.3. The molecule has 1 aliphatic carbocycles. The van der Waals surface area contributed by atoms with E-state index in [1.54, 1.807) is 0 Å². The van der Waals surface area contributed by atoms with Gasteiger partial charge in [-0.3, -0.25) is 4.79 Å². The molecule has 3 nitrogen and oxygen atoms in total. The summed E-state index contributed by atoms with van der Waals surface area (Å²) in [6.07, 6.45) is 4.92. The van der Waals surface area contributed by atoms with Crippen molar-refractivity contribution in [1.29, 1.82) is 0 Å². The Morgan fingerprint density at radius 1 is 1.25 bits per heavy atom. The number of likely N-dealkylation sites (N-methyl/N-ethyl adjacent to an activating group) is 1. The van der Waals surface area contributed by atoms with Crippen LogP contribution in [0.2, 0.25) is 0 Å². The van der Waals surface area contributed by atoms with E-state index in [4.69, 9.17) is 5.73 Å². The second-order valence-electron chi connectivity index (χ2n) is 6.12. The first-order valence-electron chi connectivity index (χ1n) is 7.56. The van der Waals surface area contributed by atoms with E-state index in [1.807, 2.05) is 11.9 Å². The number of carbonyl (C=O) groups excluding carboxylic acids is 1. The maximum absolute atomic E-state index is 12.4. The average Bonchev–Trinajstić information content (AvgIpc) is 2.42. The van der Waals surface area contributed by atoms with E-state index in [2.05, 4.69) is 32.0 Å². The molecule has 0 bridgehead atoms. The van der Waals surface area contributed by atoms with Gasteiger partial charge in [-0.05, 0) is 43.4 Å². The molecule has 0 spiro atoms. The van der Waals surface area contributed by atoms with Crippen molar-refractivity contribution < 1.29 is 4.79 Å². The van der Waals surface area contributed by atoms with Crippen LogP contribution in [0, 0.1) is 13.8 Å². The van der Waals surface area contributed by atoms with Crippen LogP contribution in [0.1, 0.15) is 42.4 Å². The molecule has 1 aromatic carbocycles. The van der Waals surface area contributed by atoms with Gasteiger partial charge in [0.05, 0.1) is 6.42 Å². The van der Waals surface area contributed by atoms with Crippen LogP contribution in [0.3, 0.4) is 0 Å². The lowest BCUT2D eigenvalue weighted by atomic mass is 9.90. The van der Waals surface area contributed by atoms with Crippen LogP contribution in [0.5, 0.6) is 0 Å². The normalized spacial score (nSPS) is 22.6. The Kier molecular flexibility index (Phi) is 4.81. The van der Waals surface area contributed by atoms with Crippen LogP contribution in [0.15, 0.2) is 18.2 Å². The van der Waals surface area contributed by atoms with Gasteiger partial charge in [0.1, 0.15) is 0 Å². The number of amides is 1. The van der Waals surface area contributed by atoms with Crippen molar-refractivity contribution in [2.75, 3.05) is 7.05 Å². The van der Waals surface area contributed by atoms with Crippen molar-refractivity contribution in [2.24, 2.45) is 5.73 Å². The van der Waals surface area contributed by atoms with Gasteiger partial charge in [0.15, 0.2) is 0 Å². The Balaban J connectivity index is 2.01. The van der Waals surface area contributed by atoms with Gasteiger partial charge in [-0.1, -0.05) is 31.0 Å². The molecule has 0 aliphatic heterocycles. The summed E-state index contributed by atoms with van der Waals surface area (Å²) >= 11 is 0. The molecule has 1 saturated carbocycles. The Hall–Kier alpha value is -1.35. The fraction of sp³-hybridized carbons (Fsp3) is 0.588. The Bertz CT molecular complexity index is 484. The van der Waals surface area contributed by atoms with E-state index in [1.165, 1.54) is 24.0 Å². The van der Waals surface area contributed by atoms with Crippen molar-refractivity contribution in [3.63, 3.8) is 0 Å². The average molecular weight is 274 g/mol. The third-order valence-electron chi connectivity index (χ3n) is 4.60. The molecule has 0 heterocycles. The van der Waals surface area contributed by atoms with Crippen molar-refractivity contribution in [1.82, 2.24) is 4.90 Å². The Labute approximate surface area is 122 Å². The molecule has 3 heteroatoms. The van der Waals surface area contributed by atoms with Gasteiger partial charge in [-0.15, -0.1) is 0 Å². The Morgan fingerprint density at radius 2 is 1.95 bits per heavy atom. The van der Waals surface area contributed by atoms with Crippen LogP contribution < -0.4 is 5.73 Å². The fourth-order valence-corrected chi connectivity index (χ4v) is 3.02. The maximum Gasteiger partial charge on any atom is 0.227 e. The van der Waals surface area contributed by atoms with E-state index >= 15 is 0 Å². The molecule has 0 aromatic heterocycles. The predicted octanol–water partition coefficient (Wildman–Crippen LogP) is 2.57. The molecule has 0 radical (unpaired) electrons. The standard InChI is InChI=1S/C17H26N2O/c1-12-8-9-14(10-13(12)2)11-17(20)19(3)16-7-5-4-6-15(16)18/h8-10,15-16H,4-7,11,18H2,1-3H3. The zero-order valence-electron chi connectivity index (χ0n) is 12.9. The van der Waals surface area contributed by atoms with Crippen LogP contribution in [-0.4, -0.2) is 29.9 Å². The second kappa shape index (κ2) is 6.40. The zero-order valence-corrected chi connectivity index (χ0v) is 12.9. The van der Waals surface area contributed by atoms with E-state index in [0.29, 0.717) is 6.42 Å². The summed E-state index contributed by atoms with van der Waals surface area (Å²) in [6, 6.07) is 6.60. The smallest absolute Gasteiger partial charge is 0.227 e. The summed E-state index contributed by atoms with van der Waals surface area (Å²) in [5, 5.41) is 0. The van der Waals surface area contributed by atoms with Crippen LogP contribution in [0.4, 0.5) is 0 Å². The van der Waals surface area contributed by atoms with Gasteiger partial charge < -0.3 is 10.6 Å². The largest absolute Gasteiger partial charge is 0.341 e. The number of hydrogen-bond donors (Lipinski definition) is 1. The number of hydrogen-bond acceptors (Lipinski definition) is 2.